The lowest BCUT2D eigenvalue weighted by atomic mass is 9.78. The first kappa shape index (κ1) is 34.2. The van der Waals surface area contributed by atoms with Gasteiger partial charge in [0.25, 0.3) is 11.4 Å². The molecule has 0 unspecified atom stereocenters. The standard InChI is InChI=1S/C34H10F8N6O2/c1-46-20(13-44)25-27-23(16-7-5-9-18(11-16)50-34(40,41)42)28-26(21(14-45)47-2)31(36)32(48-3)29(28)22(24(27)19(12-43)30(25)35)15-6-4-8-17(10-15)49-33(37,38)39/h5,7-11H,4,6H2/b25-20+,26-21-. The van der Waals surface area contributed by atoms with Gasteiger partial charge in [-0.05, 0) is 76.1 Å². The molecule has 16 heteroatoms. The van der Waals surface area contributed by atoms with Crippen molar-refractivity contribution in [2.24, 2.45) is 0 Å². The zero-order valence-corrected chi connectivity index (χ0v) is 24.4. The number of benzene rings is 2. The monoisotopic (exact) mass is 686 g/mol. The van der Waals surface area contributed by atoms with Crippen LogP contribution >= 0.6 is 0 Å². The minimum atomic E-state index is -5.23. The van der Waals surface area contributed by atoms with E-state index in [9.17, 15) is 42.1 Å². The molecular weight excluding hydrogens is 676 g/mol. The van der Waals surface area contributed by atoms with Crippen LogP contribution in [0.1, 0.15) is 40.7 Å². The Hall–Kier alpha value is -7.14. The molecule has 8 nitrogen and oxygen atoms in total. The summed E-state index contributed by atoms with van der Waals surface area (Å²) in [5.74, 6) is -4.63. The molecule has 3 aliphatic rings. The lowest BCUT2D eigenvalue weighted by molar-refractivity contribution is -0.303. The van der Waals surface area contributed by atoms with Crippen molar-refractivity contribution >= 4 is 28.0 Å². The van der Waals surface area contributed by atoms with Gasteiger partial charge in [-0.2, -0.15) is 5.26 Å². The van der Waals surface area contributed by atoms with E-state index in [1.807, 2.05) is 0 Å². The van der Waals surface area contributed by atoms with Crippen LogP contribution in [-0.2, 0) is 4.74 Å². The van der Waals surface area contributed by atoms with E-state index in [-0.39, 0.29) is 24.0 Å². The molecule has 50 heavy (non-hydrogen) atoms. The summed E-state index contributed by atoms with van der Waals surface area (Å²) in [7, 11) is 0. The van der Waals surface area contributed by atoms with E-state index in [0.29, 0.717) is 0 Å². The number of hydrogen-bond acceptors (Lipinski definition) is 5. The van der Waals surface area contributed by atoms with Gasteiger partial charge in [-0.15, -0.1) is 26.3 Å². The second-order valence-corrected chi connectivity index (χ2v) is 10.2. The van der Waals surface area contributed by atoms with Crippen LogP contribution in [0, 0.1) is 53.7 Å². The van der Waals surface area contributed by atoms with E-state index < -0.39 is 103 Å². The maximum Gasteiger partial charge on any atom is 0.573 e. The van der Waals surface area contributed by atoms with Gasteiger partial charge in [0.15, 0.2) is 0 Å². The quantitative estimate of drug-likeness (QED) is 0.181. The van der Waals surface area contributed by atoms with Gasteiger partial charge < -0.3 is 9.47 Å². The molecular formula is C34H10F8N6O2. The fraction of sp³-hybridized carbons (Fsp3) is 0.118. The molecule has 0 aliphatic heterocycles. The Morgan fingerprint density at radius 2 is 1.36 bits per heavy atom. The van der Waals surface area contributed by atoms with Gasteiger partial charge in [0.05, 0.1) is 37.4 Å². The van der Waals surface area contributed by atoms with E-state index in [2.05, 4.69) is 24.0 Å². The van der Waals surface area contributed by atoms with Gasteiger partial charge in [-0.3, -0.25) is 0 Å². The third-order valence-corrected chi connectivity index (χ3v) is 7.47. The first-order valence-electron chi connectivity index (χ1n) is 13.5. The molecule has 0 amide bonds. The fourth-order valence-electron chi connectivity index (χ4n) is 5.88. The molecule has 0 fully saturated rings. The first-order chi connectivity index (χ1) is 23.6. The Bertz CT molecular complexity index is 2240. The smallest absolute Gasteiger partial charge is 0.406 e. The SMILES string of the molecule is [C-]#[N+]C1=C(F)/C(=C(/C#N)[N+]#[C-])c2c1c(C1=CC(OC(F)(F)F)=CCC1)c1c(c2-c2cccc(OC(F)(F)F)c2)/C(=C(/C#N)[N+]#[C-])C(F)=C1C#N. The Morgan fingerprint density at radius 1 is 0.760 bits per heavy atom. The van der Waals surface area contributed by atoms with E-state index in [1.165, 1.54) is 12.1 Å². The van der Waals surface area contributed by atoms with Crippen LogP contribution in [0.4, 0.5) is 35.1 Å². The van der Waals surface area contributed by atoms with Crippen LogP contribution in [-0.4, -0.2) is 12.7 Å². The van der Waals surface area contributed by atoms with E-state index in [4.69, 9.17) is 19.7 Å². The van der Waals surface area contributed by atoms with E-state index in [1.54, 1.807) is 6.07 Å². The highest BCUT2D eigenvalue weighted by Crippen LogP contribution is 2.60. The number of ether oxygens (including phenoxy) is 2. The van der Waals surface area contributed by atoms with Crippen LogP contribution in [0.15, 0.2) is 65.2 Å². The van der Waals surface area contributed by atoms with Gasteiger partial charge in [-0.25, -0.2) is 33.8 Å². The zero-order valence-electron chi connectivity index (χ0n) is 24.4. The normalized spacial score (nSPS) is 17.1. The van der Waals surface area contributed by atoms with E-state index in [0.717, 1.165) is 36.4 Å². The molecule has 3 aliphatic carbocycles. The van der Waals surface area contributed by atoms with Gasteiger partial charge in [0, 0.05) is 16.7 Å². The summed E-state index contributed by atoms with van der Waals surface area (Å²) in [6, 6.07) is 8.28. The largest absolute Gasteiger partial charge is 0.573 e. The average Bonchev–Trinajstić information content (AvgIpc) is 3.49. The zero-order chi connectivity index (χ0) is 36.7. The van der Waals surface area contributed by atoms with Crippen molar-refractivity contribution in [2.75, 3.05) is 0 Å². The summed E-state index contributed by atoms with van der Waals surface area (Å²) in [4.78, 5) is 9.26. The van der Waals surface area contributed by atoms with Crippen LogP contribution < -0.4 is 4.74 Å². The molecule has 0 N–H and O–H groups in total. The van der Waals surface area contributed by atoms with Crippen molar-refractivity contribution in [1.29, 1.82) is 15.8 Å². The van der Waals surface area contributed by atoms with Gasteiger partial charge >= 0.3 is 12.7 Å². The summed E-state index contributed by atoms with van der Waals surface area (Å²) in [6.07, 6.45) is -8.91. The van der Waals surface area contributed by atoms with Crippen molar-refractivity contribution in [2.45, 2.75) is 25.6 Å². The number of halogens is 8. The predicted octanol–water partition coefficient (Wildman–Crippen LogP) is 9.95. The summed E-state index contributed by atoms with van der Waals surface area (Å²) >= 11 is 0. The van der Waals surface area contributed by atoms with E-state index >= 15 is 8.78 Å². The molecule has 0 aromatic heterocycles. The maximum absolute atomic E-state index is 16.4. The Kier molecular flexibility index (Phi) is 8.53. The molecule has 0 heterocycles. The Morgan fingerprint density at radius 3 is 1.90 bits per heavy atom. The Labute approximate surface area is 276 Å². The number of rotatable bonds is 4. The van der Waals surface area contributed by atoms with Crippen LogP contribution in [0.25, 0.3) is 53.7 Å². The minimum absolute atomic E-state index is 0.171. The second kappa shape index (κ2) is 12.5. The van der Waals surface area contributed by atoms with Crippen LogP contribution in [0.2, 0.25) is 0 Å². The summed E-state index contributed by atoms with van der Waals surface area (Å²) in [5, 5.41) is 29.9. The fourth-order valence-corrected chi connectivity index (χ4v) is 5.88. The van der Waals surface area contributed by atoms with Gasteiger partial charge in [-0.1, -0.05) is 12.1 Å². The van der Waals surface area contributed by atoms with Crippen molar-refractivity contribution in [1.82, 2.24) is 0 Å². The summed E-state index contributed by atoms with van der Waals surface area (Å²) < 4.78 is 120. The predicted molar refractivity (Wildman–Crippen MR) is 158 cm³/mol. The number of fused-ring (bicyclic) bond motifs is 2. The second-order valence-electron chi connectivity index (χ2n) is 10.2. The topological polar surface area (TPSA) is 103 Å². The lowest BCUT2D eigenvalue weighted by Gasteiger charge is -2.25. The molecule has 0 saturated heterocycles. The highest BCUT2D eigenvalue weighted by atomic mass is 19.4. The van der Waals surface area contributed by atoms with Crippen LogP contribution in [0.5, 0.6) is 5.75 Å². The molecule has 0 saturated carbocycles. The molecule has 0 radical (unpaired) electrons. The van der Waals surface area contributed by atoms with Crippen LogP contribution in [0.3, 0.4) is 0 Å². The summed E-state index contributed by atoms with van der Waals surface area (Å²) in [6.45, 7) is 22.9. The molecule has 0 bridgehead atoms. The third-order valence-electron chi connectivity index (χ3n) is 7.47. The van der Waals surface area contributed by atoms with Crippen molar-refractivity contribution in [3.8, 4) is 35.1 Å². The highest BCUT2D eigenvalue weighted by Gasteiger charge is 2.44. The number of hydrogen-bond donors (Lipinski definition) is 0. The molecule has 244 valence electrons. The summed E-state index contributed by atoms with van der Waals surface area (Å²) in [5.41, 5.74) is -9.29. The molecule has 0 spiro atoms. The van der Waals surface area contributed by atoms with Gasteiger partial charge in [0.2, 0.25) is 5.70 Å². The number of nitrogens with zero attached hydrogens (tertiary/aromatic N) is 6. The molecule has 2 aromatic rings. The maximum atomic E-state index is 16.4. The molecule has 2 aromatic carbocycles. The lowest BCUT2D eigenvalue weighted by Crippen LogP contribution is -2.17. The average molecular weight is 686 g/mol. The highest BCUT2D eigenvalue weighted by molar-refractivity contribution is 6.18. The number of alkyl halides is 6. The van der Waals surface area contributed by atoms with Crippen molar-refractivity contribution in [3.05, 3.63) is 127 Å². The third kappa shape index (κ3) is 5.69. The first-order valence-corrected chi connectivity index (χ1v) is 13.5. The minimum Gasteiger partial charge on any atom is -0.406 e. The van der Waals surface area contributed by atoms with Crippen molar-refractivity contribution in [3.63, 3.8) is 0 Å². The molecule has 0 atom stereocenters. The number of nitriles is 3. The number of allylic oxidation sites excluding steroid dienone is 10. The molecule has 5 rings (SSSR count). The van der Waals surface area contributed by atoms with Gasteiger partial charge in [0.1, 0.15) is 29.2 Å². The Balaban J connectivity index is 2.13. The van der Waals surface area contributed by atoms with Crippen molar-refractivity contribution < 1.29 is 44.6 Å².